The van der Waals surface area contributed by atoms with Crippen molar-refractivity contribution < 1.29 is 19.1 Å². The predicted molar refractivity (Wildman–Crippen MR) is 182 cm³/mol. The normalized spacial score (nSPS) is 12.7. The van der Waals surface area contributed by atoms with E-state index in [1.807, 2.05) is 49.9 Å². The smallest absolute Gasteiger partial charge is 0.291 e. The molecule has 2 aromatic carbocycles. The van der Waals surface area contributed by atoms with Crippen molar-refractivity contribution in [2.45, 2.75) is 33.4 Å². The average Bonchev–Trinajstić information content (AvgIpc) is 3.38. The maximum absolute atomic E-state index is 13.3. The van der Waals surface area contributed by atoms with E-state index in [9.17, 15) is 14.4 Å². The maximum atomic E-state index is 13.3. The van der Waals surface area contributed by atoms with Gasteiger partial charge in [0.15, 0.2) is 5.82 Å². The number of halogens is 1. The van der Waals surface area contributed by atoms with E-state index < -0.39 is 5.91 Å². The van der Waals surface area contributed by atoms with E-state index in [4.69, 9.17) is 16.3 Å². The van der Waals surface area contributed by atoms with E-state index in [1.165, 1.54) is 14.0 Å². The summed E-state index contributed by atoms with van der Waals surface area (Å²) in [6.45, 7) is 6.51. The van der Waals surface area contributed by atoms with Crippen LogP contribution in [0.2, 0.25) is 5.02 Å². The number of benzene rings is 2. The minimum atomic E-state index is -0.398. The molecule has 0 unspecified atom stereocenters. The molecule has 0 bridgehead atoms. The summed E-state index contributed by atoms with van der Waals surface area (Å²) in [4.78, 5) is 48.8. The highest BCUT2D eigenvalue weighted by atomic mass is 35.5. The summed E-state index contributed by atoms with van der Waals surface area (Å²) in [6.07, 6.45) is 2.43. The molecule has 1 aliphatic heterocycles. The van der Waals surface area contributed by atoms with Gasteiger partial charge < -0.3 is 35.5 Å². The summed E-state index contributed by atoms with van der Waals surface area (Å²) >= 11 is 6.89. The first-order valence-corrected chi connectivity index (χ1v) is 15.7. The number of likely N-dealkylation sites (N-methyl/N-ethyl adjacent to an activating group) is 1. The Bertz CT molecular complexity index is 1820. The number of anilines is 2. The fourth-order valence-electron chi connectivity index (χ4n) is 5.59. The number of pyridine rings is 1. The van der Waals surface area contributed by atoms with Crippen molar-refractivity contribution >= 4 is 40.7 Å². The number of rotatable bonds is 11. The van der Waals surface area contributed by atoms with Crippen LogP contribution in [0.25, 0.3) is 11.1 Å². The number of nitrogens with one attached hydrogen (secondary N) is 4. The van der Waals surface area contributed by atoms with Crippen molar-refractivity contribution in [3.63, 3.8) is 0 Å². The second-order valence-electron chi connectivity index (χ2n) is 11.5. The summed E-state index contributed by atoms with van der Waals surface area (Å²) in [7, 11) is 5.44. The van der Waals surface area contributed by atoms with Crippen molar-refractivity contribution in [2.24, 2.45) is 7.05 Å². The van der Waals surface area contributed by atoms with E-state index in [-0.39, 0.29) is 17.5 Å². The molecular weight excluding hydrogens is 620 g/mol. The first-order valence-electron chi connectivity index (χ1n) is 15.3. The molecule has 0 saturated carbocycles. The third-order valence-electron chi connectivity index (χ3n) is 8.16. The third-order valence-corrected chi connectivity index (χ3v) is 8.56. The molecule has 0 fully saturated rings. The predicted octanol–water partition coefficient (Wildman–Crippen LogP) is 4.17. The molecule has 4 N–H and O–H groups in total. The first-order chi connectivity index (χ1) is 22.6. The molecular formula is C34H39ClN8O4. The van der Waals surface area contributed by atoms with Crippen LogP contribution >= 0.6 is 11.6 Å². The zero-order valence-electron chi connectivity index (χ0n) is 27.2. The number of methoxy groups -OCH3 is 1. The van der Waals surface area contributed by atoms with Gasteiger partial charge in [0.1, 0.15) is 11.4 Å². The molecule has 0 radical (unpaired) electrons. The van der Waals surface area contributed by atoms with Crippen LogP contribution in [0.1, 0.15) is 50.5 Å². The van der Waals surface area contributed by atoms with Crippen LogP contribution in [0.3, 0.4) is 0 Å². The Kier molecular flexibility index (Phi) is 10.5. The van der Waals surface area contributed by atoms with Crippen LogP contribution in [0.5, 0.6) is 5.75 Å². The molecule has 246 valence electrons. The Hall–Kier alpha value is -4.78. The van der Waals surface area contributed by atoms with Crippen molar-refractivity contribution in [3.8, 4) is 16.9 Å². The largest absolute Gasteiger partial charge is 0.496 e. The van der Waals surface area contributed by atoms with Gasteiger partial charge in [-0.05, 0) is 37.2 Å². The van der Waals surface area contributed by atoms with Gasteiger partial charge >= 0.3 is 0 Å². The number of carbonyl (C=O) groups excluding carboxylic acids is 3. The zero-order chi connectivity index (χ0) is 33.7. The van der Waals surface area contributed by atoms with Crippen LogP contribution in [-0.2, 0) is 31.4 Å². The van der Waals surface area contributed by atoms with Crippen molar-refractivity contribution in [3.05, 3.63) is 87.7 Å². The molecule has 4 aromatic rings. The fourth-order valence-corrected chi connectivity index (χ4v) is 5.86. The van der Waals surface area contributed by atoms with Gasteiger partial charge in [-0.25, -0.2) is 4.98 Å². The van der Waals surface area contributed by atoms with Gasteiger partial charge in [0.25, 0.3) is 11.8 Å². The van der Waals surface area contributed by atoms with Gasteiger partial charge in [-0.3, -0.25) is 19.4 Å². The summed E-state index contributed by atoms with van der Waals surface area (Å²) < 4.78 is 7.37. The molecule has 3 amide bonds. The highest BCUT2D eigenvalue weighted by Gasteiger charge is 2.25. The molecule has 3 heterocycles. The van der Waals surface area contributed by atoms with Crippen LogP contribution < -0.4 is 26.0 Å². The Morgan fingerprint density at radius 1 is 1.00 bits per heavy atom. The molecule has 13 heteroatoms. The Labute approximate surface area is 278 Å². The fraction of sp³-hybridized carbons (Fsp3) is 0.324. The Balaban J connectivity index is 1.30. The second kappa shape index (κ2) is 14.8. The third kappa shape index (κ3) is 7.62. The number of ether oxygens (including phenoxy) is 1. The van der Waals surface area contributed by atoms with Crippen molar-refractivity contribution in [2.75, 3.05) is 44.4 Å². The standard InChI is InChI=1S/C34H39ClN8O4/c1-20-23(24-9-7-11-26(31(24)35)41-34(46)32-39-28-19-42(3)15-12-29(28)43(32)4)8-6-10-25(20)40-33(45)27-16-30(47-5)22(18-38-27)17-36-13-14-37-21(2)44/h6-11,16,18,36H,12-15,17,19H2,1-5H3,(H,37,44)(H,40,45)(H,41,46). The quantitative estimate of drug-likeness (QED) is 0.176. The summed E-state index contributed by atoms with van der Waals surface area (Å²) in [6, 6.07) is 12.6. The highest BCUT2D eigenvalue weighted by molar-refractivity contribution is 6.36. The minimum Gasteiger partial charge on any atom is -0.496 e. The Morgan fingerprint density at radius 3 is 2.47 bits per heavy atom. The molecule has 47 heavy (non-hydrogen) atoms. The molecule has 0 atom stereocenters. The van der Waals surface area contributed by atoms with E-state index in [1.54, 1.807) is 24.4 Å². The molecule has 1 aliphatic rings. The molecule has 0 spiro atoms. The zero-order valence-corrected chi connectivity index (χ0v) is 27.9. The molecule has 12 nitrogen and oxygen atoms in total. The summed E-state index contributed by atoms with van der Waals surface area (Å²) in [5.74, 6) is 0.0337. The van der Waals surface area contributed by atoms with Gasteiger partial charge in [-0.1, -0.05) is 35.9 Å². The number of nitrogens with zero attached hydrogens (tertiary/aromatic N) is 4. The number of hydrogen-bond donors (Lipinski definition) is 4. The molecule has 0 aliphatic carbocycles. The van der Waals surface area contributed by atoms with E-state index >= 15 is 0 Å². The molecule has 5 rings (SSSR count). The summed E-state index contributed by atoms with van der Waals surface area (Å²) in [5.41, 5.74) is 6.30. The SMILES string of the molecule is COc1cc(C(=O)Nc2cccc(-c3cccc(NC(=O)c4nc5c(n4C)CCN(C)C5)c3Cl)c2C)ncc1CNCCNC(C)=O. The van der Waals surface area contributed by atoms with Gasteiger partial charge in [0, 0.05) is 87.9 Å². The van der Waals surface area contributed by atoms with Gasteiger partial charge in [-0.15, -0.1) is 0 Å². The van der Waals surface area contributed by atoms with Crippen LogP contribution in [0.15, 0.2) is 48.7 Å². The summed E-state index contributed by atoms with van der Waals surface area (Å²) in [5, 5.41) is 12.2. The van der Waals surface area contributed by atoms with E-state index in [2.05, 4.69) is 36.1 Å². The highest BCUT2D eigenvalue weighted by Crippen LogP contribution is 2.37. The van der Waals surface area contributed by atoms with Gasteiger partial charge in [-0.2, -0.15) is 0 Å². The average molecular weight is 659 g/mol. The van der Waals surface area contributed by atoms with Crippen LogP contribution in [0, 0.1) is 6.92 Å². The lowest BCUT2D eigenvalue weighted by atomic mass is 9.98. The lowest BCUT2D eigenvalue weighted by Crippen LogP contribution is -2.30. The monoisotopic (exact) mass is 658 g/mol. The van der Waals surface area contributed by atoms with Gasteiger partial charge in [0.05, 0.1) is 23.5 Å². The number of amides is 3. The lowest BCUT2D eigenvalue weighted by molar-refractivity contribution is -0.118. The van der Waals surface area contributed by atoms with E-state index in [0.29, 0.717) is 59.7 Å². The second-order valence-corrected chi connectivity index (χ2v) is 11.8. The Morgan fingerprint density at radius 2 is 1.72 bits per heavy atom. The topological polar surface area (TPSA) is 143 Å². The van der Waals surface area contributed by atoms with Gasteiger partial charge in [0.2, 0.25) is 5.91 Å². The van der Waals surface area contributed by atoms with Crippen LogP contribution in [0.4, 0.5) is 11.4 Å². The van der Waals surface area contributed by atoms with E-state index in [0.717, 1.165) is 41.0 Å². The number of fused-ring (bicyclic) bond motifs is 1. The first kappa shape index (κ1) is 33.6. The minimum absolute atomic E-state index is 0.0880. The van der Waals surface area contributed by atoms with Crippen molar-refractivity contribution in [1.82, 2.24) is 30.1 Å². The van der Waals surface area contributed by atoms with Crippen molar-refractivity contribution in [1.29, 1.82) is 0 Å². The lowest BCUT2D eigenvalue weighted by Gasteiger charge is -2.21. The molecule has 2 aromatic heterocycles. The number of hydrogen-bond acceptors (Lipinski definition) is 8. The number of carbonyl (C=O) groups is 3. The molecule has 0 saturated heterocycles. The maximum Gasteiger partial charge on any atom is 0.291 e. The van der Waals surface area contributed by atoms with Crippen LogP contribution in [-0.4, -0.2) is 70.9 Å². The number of imidazole rings is 1. The number of aromatic nitrogens is 3.